The minimum Gasteiger partial charge on any atom is -0.410 e. The zero-order valence-electron chi connectivity index (χ0n) is 7.46. The van der Waals surface area contributed by atoms with Crippen molar-refractivity contribution < 1.29 is 5.21 Å². The second-order valence-electron chi connectivity index (χ2n) is 3.61. The summed E-state index contributed by atoms with van der Waals surface area (Å²) in [6.07, 6.45) is 6.39. The second-order valence-corrected chi connectivity index (χ2v) is 4.00. The lowest BCUT2D eigenvalue weighted by Crippen LogP contribution is -2.20. The third kappa shape index (κ3) is 2.37. The third-order valence-corrected chi connectivity index (χ3v) is 3.25. The lowest BCUT2D eigenvalue weighted by atomic mass is 9.81. The summed E-state index contributed by atoms with van der Waals surface area (Å²) in [6.45, 7) is 2.04. The zero-order chi connectivity index (χ0) is 8.97. The van der Waals surface area contributed by atoms with Crippen molar-refractivity contribution in [2.75, 3.05) is 0 Å². The molecule has 0 spiro atoms. The average molecular weight is 190 g/mol. The van der Waals surface area contributed by atoms with E-state index in [2.05, 4.69) is 5.16 Å². The van der Waals surface area contributed by atoms with E-state index in [1.807, 2.05) is 6.92 Å². The van der Waals surface area contributed by atoms with E-state index in [9.17, 15) is 0 Å². The Bertz CT molecular complexity index is 164. The molecule has 2 nitrogen and oxygen atoms in total. The molecule has 1 rings (SSSR count). The van der Waals surface area contributed by atoms with Gasteiger partial charge in [-0.25, -0.2) is 0 Å². The number of oxime groups is 1. The summed E-state index contributed by atoms with van der Waals surface area (Å²) < 4.78 is 0. The average Bonchev–Trinajstić information content (AvgIpc) is 2.17. The summed E-state index contributed by atoms with van der Waals surface area (Å²) >= 11 is 5.75. The molecule has 3 heteroatoms. The highest BCUT2D eigenvalue weighted by Crippen LogP contribution is 2.31. The summed E-state index contributed by atoms with van der Waals surface area (Å²) in [6, 6.07) is 0. The highest BCUT2D eigenvalue weighted by atomic mass is 35.5. The Morgan fingerprint density at radius 3 is 2.50 bits per heavy atom. The number of rotatable bonds is 2. The second kappa shape index (κ2) is 4.70. The third-order valence-electron chi connectivity index (χ3n) is 2.83. The van der Waals surface area contributed by atoms with Crippen molar-refractivity contribution in [1.29, 1.82) is 0 Å². The van der Waals surface area contributed by atoms with E-state index >= 15 is 0 Å². The first-order chi connectivity index (χ1) is 5.75. The number of hydrogen-bond acceptors (Lipinski definition) is 2. The van der Waals surface area contributed by atoms with Crippen LogP contribution in [0.3, 0.4) is 0 Å². The van der Waals surface area contributed by atoms with Crippen LogP contribution >= 0.6 is 11.6 Å². The van der Waals surface area contributed by atoms with Crippen LogP contribution in [0.25, 0.3) is 0 Å². The Labute approximate surface area is 78.6 Å². The van der Waals surface area contributed by atoms with E-state index < -0.39 is 0 Å². The molecule has 0 saturated heterocycles. The summed E-state index contributed by atoms with van der Waals surface area (Å²) in [4.78, 5) is 0. The molecule has 1 fully saturated rings. The summed E-state index contributed by atoms with van der Waals surface area (Å²) in [5.74, 6) is 0.860. The van der Waals surface area contributed by atoms with Gasteiger partial charge in [0.15, 0.2) is 0 Å². The largest absolute Gasteiger partial charge is 0.410 e. The fraction of sp³-hybridized carbons (Fsp3) is 0.889. The standard InChI is InChI=1S/C9H16ClNO/c1-7(9(10)11-12)8-5-3-2-4-6-8/h7-8,12H,2-6H2,1H3/b11-9-. The van der Waals surface area contributed by atoms with Gasteiger partial charge >= 0.3 is 0 Å². The molecule has 0 radical (unpaired) electrons. The molecular formula is C9H16ClNO. The summed E-state index contributed by atoms with van der Waals surface area (Å²) in [5.41, 5.74) is 0. The maximum absolute atomic E-state index is 8.49. The van der Waals surface area contributed by atoms with Crippen molar-refractivity contribution in [1.82, 2.24) is 0 Å². The van der Waals surface area contributed by atoms with Crippen molar-refractivity contribution in [2.45, 2.75) is 39.0 Å². The SMILES string of the molecule is CC(/C(Cl)=N/O)C1CCCCC1. The molecule has 1 unspecified atom stereocenters. The first kappa shape index (κ1) is 9.85. The molecule has 12 heavy (non-hydrogen) atoms. The normalized spacial score (nSPS) is 24.0. The zero-order valence-corrected chi connectivity index (χ0v) is 8.22. The van der Waals surface area contributed by atoms with Crippen molar-refractivity contribution in [3.63, 3.8) is 0 Å². The lowest BCUT2D eigenvalue weighted by molar-refractivity contribution is 0.291. The molecule has 0 aliphatic heterocycles. The van der Waals surface area contributed by atoms with Gasteiger partial charge in [-0.3, -0.25) is 0 Å². The van der Waals surface area contributed by atoms with Gasteiger partial charge in [0.25, 0.3) is 0 Å². The smallest absolute Gasteiger partial charge is 0.148 e. The van der Waals surface area contributed by atoms with Gasteiger partial charge in [0.05, 0.1) is 0 Å². The molecular weight excluding hydrogens is 174 g/mol. The maximum atomic E-state index is 8.49. The van der Waals surface area contributed by atoms with Crippen LogP contribution in [0.1, 0.15) is 39.0 Å². The fourth-order valence-corrected chi connectivity index (χ4v) is 2.10. The fourth-order valence-electron chi connectivity index (χ4n) is 1.92. The molecule has 70 valence electrons. The van der Waals surface area contributed by atoms with Crippen LogP contribution in [0.4, 0.5) is 0 Å². The number of hydrogen-bond donors (Lipinski definition) is 1. The van der Waals surface area contributed by atoms with Gasteiger partial charge < -0.3 is 5.21 Å². The lowest BCUT2D eigenvalue weighted by Gasteiger charge is -2.25. The van der Waals surface area contributed by atoms with Crippen molar-refractivity contribution in [3.05, 3.63) is 0 Å². The number of nitrogens with zero attached hydrogens (tertiary/aromatic N) is 1. The maximum Gasteiger partial charge on any atom is 0.148 e. The quantitative estimate of drug-likeness (QED) is 0.404. The van der Waals surface area contributed by atoms with Crippen molar-refractivity contribution in [2.24, 2.45) is 17.0 Å². The minimum absolute atomic E-state index is 0.233. The van der Waals surface area contributed by atoms with E-state index in [-0.39, 0.29) is 5.92 Å². The highest BCUT2D eigenvalue weighted by Gasteiger charge is 2.23. The molecule has 1 aliphatic carbocycles. The Kier molecular flexibility index (Phi) is 3.86. The molecule has 1 aliphatic rings. The van der Waals surface area contributed by atoms with Crippen molar-refractivity contribution >= 4 is 16.8 Å². The van der Waals surface area contributed by atoms with Crippen LogP contribution in [-0.4, -0.2) is 10.4 Å². The molecule has 0 heterocycles. The first-order valence-corrected chi connectivity index (χ1v) is 5.01. The molecule has 0 bridgehead atoms. The molecule has 1 saturated carbocycles. The molecule has 0 aromatic heterocycles. The van der Waals surface area contributed by atoms with Gasteiger partial charge in [0, 0.05) is 5.92 Å². The molecule has 0 amide bonds. The van der Waals surface area contributed by atoms with Crippen LogP contribution in [0.5, 0.6) is 0 Å². The van der Waals surface area contributed by atoms with E-state index in [0.29, 0.717) is 11.1 Å². The number of halogens is 1. The molecule has 1 N–H and O–H groups in total. The monoisotopic (exact) mass is 189 g/mol. The molecule has 1 atom stereocenters. The van der Waals surface area contributed by atoms with E-state index in [4.69, 9.17) is 16.8 Å². The van der Waals surface area contributed by atoms with Crippen LogP contribution < -0.4 is 0 Å². The minimum atomic E-state index is 0.233. The molecule has 0 aromatic carbocycles. The Hall–Kier alpha value is -0.240. The van der Waals surface area contributed by atoms with Gasteiger partial charge in [0.1, 0.15) is 5.17 Å². The van der Waals surface area contributed by atoms with E-state index in [0.717, 1.165) is 0 Å². The van der Waals surface area contributed by atoms with Crippen LogP contribution in [-0.2, 0) is 0 Å². The van der Waals surface area contributed by atoms with Crippen LogP contribution in [0.2, 0.25) is 0 Å². The van der Waals surface area contributed by atoms with E-state index in [1.165, 1.54) is 32.1 Å². The van der Waals surface area contributed by atoms with E-state index in [1.54, 1.807) is 0 Å². The Morgan fingerprint density at radius 2 is 2.00 bits per heavy atom. The Balaban J connectivity index is 2.44. The van der Waals surface area contributed by atoms with Gasteiger partial charge in [0.2, 0.25) is 0 Å². The summed E-state index contributed by atoms with van der Waals surface area (Å²) in [5, 5.41) is 11.9. The van der Waals surface area contributed by atoms with Gasteiger partial charge in [-0.05, 0) is 18.8 Å². The predicted molar refractivity (Wildman–Crippen MR) is 50.8 cm³/mol. The Morgan fingerprint density at radius 1 is 1.42 bits per heavy atom. The highest BCUT2D eigenvalue weighted by molar-refractivity contribution is 6.65. The van der Waals surface area contributed by atoms with Gasteiger partial charge in [-0.15, -0.1) is 0 Å². The predicted octanol–water partition coefficient (Wildman–Crippen LogP) is 3.23. The summed E-state index contributed by atoms with van der Waals surface area (Å²) in [7, 11) is 0. The van der Waals surface area contributed by atoms with Crippen molar-refractivity contribution in [3.8, 4) is 0 Å². The van der Waals surface area contributed by atoms with Gasteiger partial charge in [-0.1, -0.05) is 42.9 Å². The topological polar surface area (TPSA) is 32.6 Å². The first-order valence-electron chi connectivity index (χ1n) is 4.63. The van der Waals surface area contributed by atoms with Crippen LogP contribution in [0.15, 0.2) is 5.16 Å². The van der Waals surface area contributed by atoms with Gasteiger partial charge in [-0.2, -0.15) is 0 Å². The molecule has 0 aromatic rings. The van der Waals surface area contributed by atoms with Crippen LogP contribution in [0, 0.1) is 11.8 Å².